The molecule has 0 saturated heterocycles. The molecule has 7 nitrogen and oxygen atoms in total. The van der Waals surface area contributed by atoms with Gasteiger partial charge in [-0.15, -0.1) is 0 Å². The number of amides is 1. The highest BCUT2D eigenvalue weighted by Gasteiger charge is 2.25. The average Bonchev–Trinajstić information content (AvgIpc) is 2.69. The van der Waals surface area contributed by atoms with Gasteiger partial charge in [0, 0.05) is 29.1 Å². The first-order valence-corrected chi connectivity index (χ1v) is 8.73. The van der Waals surface area contributed by atoms with Crippen LogP contribution in [0.15, 0.2) is 60.4 Å². The van der Waals surface area contributed by atoms with E-state index >= 15 is 0 Å². The summed E-state index contributed by atoms with van der Waals surface area (Å²) in [6.45, 7) is 7.35. The summed E-state index contributed by atoms with van der Waals surface area (Å²) in [6, 6.07) is 7.38. The van der Waals surface area contributed by atoms with Gasteiger partial charge in [-0.25, -0.2) is 9.38 Å². The highest BCUT2D eigenvalue weighted by molar-refractivity contribution is 5.94. The minimum atomic E-state index is -0.789. The van der Waals surface area contributed by atoms with Crippen LogP contribution in [0.3, 0.4) is 0 Å². The number of benzene rings is 1. The van der Waals surface area contributed by atoms with Gasteiger partial charge in [0.1, 0.15) is 22.8 Å². The zero-order valence-corrected chi connectivity index (χ0v) is 16.6. The molecule has 0 saturated carbocycles. The van der Waals surface area contributed by atoms with Gasteiger partial charge in [0.05, 0.1) is 7.11 Å². The molecule has 0 spiro atoms. The zero-order chi connectivity index (χ0) is 21.6. The van der Waals surface area contributed by atoms with Crippen LogP contribution in [0.1, 0.15) is 35.5 Å². The van der Waals surface area contributed by atoms with Crippen LogP contribution < -0.4 is 21.5 Å². The van der Waals surface area contributed by atoms with Gasteiger partial charge in [0.25, 0.3) is 0 Å². The highest BCUT2D eigenvalue weighted by Crippen LogP contribution is 2.30. The fourth-order valence-electron chi connectivity index (χ4n) is 2.70. The number of halogens is 1. The lowest BCUT2D eigenvalue weighted by atomic mass is 10.00. The lowest BCUT2D eigenvalue weighted by molar-refractivity contribution is 0.1000. The van der Waals surface area contributed by atoms with E-state index in [2.05, 4.69) is 21.9 Å². The Morgan fingerprint density at radius 1 is 1.34 bits per heavy atom. The number of aliphatic imine (C=N–C) groups is 1. The van der Waals surface area contributed by atoms with E-state index in [-0.39, 0.29) is 17.1 Å². The molecule has 0 unspecified atom stereocenters. The minimum Gasteiger partial charge on any atom is -0.495 e. The number of guanidine groups is 1. The Balaban J connectivity index is 2.32. The van der Waals surface area contributed by atoms with Crippen molar-refractivity contribution in [1.82, 2.24) is 10.3 Å². The maximum absolute atomic E-state index is 14.2. The molecule has 0 aliphatic carbocycles. The number of pyridine rings is 1. The summed E-state index contributed by atoms with van der Waals surface area (Å²) in [7, 11) is 1.55. The molecule has 0 bridgehead atoms. The molecular formula is C21H24FN5O2. The number of nitrogens with zero attached hydrogens (tertiary/aromatic N) is 2. The number of carbonyl (C=O) groups excluding carboxylic acids is 1. The summed E-state index contributed by atoms with van der Waals surface area (Å²) in [4.78, 5) is 20.1. The van der Waals surface area contributed by atoms with Gasteiger partial charge in [0.15, 0.2) is 5.96 Å². The Kier molecular flexibility index (Phi) is 6.71. The van der Waals surface area contributed by atoms with Crippen molar-refractivity contribution in [3.8, 4) is 5.75 Å². The zero-order valence-electron chi connectivity index (χ0n) is 16.6. The van der Waals surface area contributed by atoms with E-state index in [9.17, 15) is 9.18 Å². The monoisotopic (exact) mass is 397 g/mol. The predicted molar refractivity (Wildman–Crippen MR) is 112 cm³/mol. The van der Waals surface area contributed by atoms with Gasteiger partial charge >= 0.3 is 0 Å². The number of allylic oxidation sites excluding steroid dienone is 2. The average molecular weight is 397 g/mol. The molecule has 5 N–H and O–H groups in total. The third kappa shape index (κ3) is 5.19. The summed E-state index contributed by atoms with van der Waals surface area (Å²) in [5, 5.41) is 2.81. The first-order chi connectivity index (χ1) is 13.7. The molecule has 1 amide bonds. The fraction of sp³-hybridized carbons (Fsp3) is 0.190. The molecular weight excluding hydrogens is 373 g/mol. The smallest absolute Gasteiger partial charge is 0.248 e. The van der Waals surface area contributed by atoms with Crippen molar-refractivity contribution >= 4 is 17.4 Å². The standard InChI is InChI=1S/C21H24FN5O2/c1-5-13(15-11-14(19(23)28)8-9-16(15)22)12-26-20(24)27-21(2,3)18-17(29-4)7-6-10-25-18/h5-12H,1H2,2-4H3,(H2,23,28)(H3,24,26,27)/b13-12+. The molecule has 0 atom stereocenters. The van der Waals surface area contributed by atoms with Crippen molar-refractivity contribution in [1.29, 1.82) is 0 Å². The topological polar surface area (TPSA) is 116 Å². The number of hydrogen-bond acceptors (Lipinski definition) is 4. The Labute approximate surface area is 169 Å². The highest BCUT2D eigenvalue weighted by atomic mass is 19.1. The van der Waals surface area contributed by atoms with Gasteiger partial charge in [-0.3, -0.25) is 9.78 Å². The van der Waals surface area contributed by atoms with Gasteiger partial charge in [-0.2, -0.15) is 0 Å². The molecule has 1 aromatic heterocycles. The van der Waals surface area contributed by atoms with E-state index in [0.717, 1.165) is 0 Å². The number of nitrogens with one attached hydrogen (secondary N) is 1. The second-order valence-electron chi connectivity index (χ2n) is 6.62. The van der Waals surface area contributed by atoms with Crippen LogP contribution in [0.2, 0.25) is 0 Å². The Bertz CT molecular complexity index is 983. The van der Waals surface area contributed by atoms with Gasteiger partial charge in [-0.05, 0) is 44.2 Å². The summed E-state index contributed by atoms with van der Waals surface area (Å²) < 4.78 is 19.6. The number of hydrogen-bond donors (Lipinski definition) is 3. The normalized spacial score (nSPS) is 12.4. The van der Waals surface area contributed by atoms with Gasteiger partial charge in [0.2, 0.25) is 5.91 Å². The van der Waals surface area contributed by atoms with E-state index in [1.807, 2.05) is 13.8 Å². The number of primary amides is 1. The van der Waals surface area contributed by atoms with Crippen molar-refractivity contribution in [2.24, 2.45) is 16.5 Å². The van der Waals surface area contributed by atoms with Crippen molar-refractivity contribution in [3.63, 3.8) is 0 Å². The number of ether oxygens (including phenoxy) is 1. The number of aromatic nitrogens is 1. The van der Waals surface area contributed by atoms with Crippen molar-refractivity contribution in [3.05, 3.63) is 78.0 Å². The molecule has 0 fully saturated rings. The molecule has 2 aromatic rings. The molecule has 1 heterocycles. The first kappa shape index (κ1) is 21.6. The SMILES string of the molecule is C=C/C(=C\NC(N)=NC(C)(C)c1ncccc1OC)c1cc(C(N)=O)ccc1F. The maximum atomic E-state index is 14.2. The number of nitrogens with two attached hydrogens (primary N) is 2. The van der Waals surface area contributed by atoms with Crippen LogP contribution in [0, 0.1) is 5.82 Å². The summed E-state index contributed by atoms with van der Waals surface area (Å²) in [6.07, 6.45) is 4.51. The number of rotatable bonds is 7. The summed E-state index contributed by atoms with van der Waals surface area (Å²) >= 11 is 0. The first-order valence-electron chi connectivity index (χ1n) is 8.73. The fourth-order valence-corrected chi connectivity index (χ4v) is 2.70. The molecule has 152 valence electrons. The molecule has 0 radical (unpaired) electrons. The van der Waals surface area contributed by atoms with E-state index in [1.54, 1.807) is 25.4 Å². The lowest BCUT2D eigenvalue weighted by Crippen LogP contribution is -2.32. The molecule has 0 aliphatic heterocycles. The summed E-state index contributed by atoms with van der Waals surface area (Å²) in [5.41, 5.74) is 11.8. The van der Waals surface area contributed by atoms with E-state index in [1.165, 1.54) is 30.5 Å². The molecule has 29 heavy (non-hydrogen) atoms. The molecule has 0 aliphatic rings. The van der Waals surface area contributed by atoms with Crippen LogP contribution in [0.5, 0.6) is 5.75 Å². The van der Waals surface area contributed by atoms with Crippen LogP contribution in [0.25, 0.3) is 5.57 Å². The van der Waals surface area contributed by atoms with E-state index < -0.39 is 17.3 Å². The lowest BCUT2D eigenvalue weighted by Gasteiger charge is -2.22. The largest absolute Gasteiger partial charge is 0.495 e. The van der Waals surface area contributed by atoms with Crippen LogP contribution >= 0.6 is 0 Å². The van der Waals surface area contributed by atoms with E-state index in [0.29, 0.717) is 17.0 Å². The maximum Gasteiger partial charge on any atom is 0.248 e. The minimum absolute atomic E-state index is 0.0773. The predicted octanol–water partition coefficient (Wildman–Crippen LogP) is 2.69. The third-order valence-corrected chi connectivity index (χ3v) is 4.13. The third-order valence-electron chi connectivity index (χ3n) is 4.13. The van der Waals surface area contributed by atoms with Crippen molar-refractivity contribution < 1.29 is 13.9 Å². The Morgan fingerprint density at radius 2 is 2.07 bits per heavy atom. The number of methoxy groups -OCH3 is 1. The Hall–Kier alpha value is -3.68. The van der Waals surface area contributed by atoms with Crippen LogP contribution in [-0.2, 0) is 5.54 Å². The molecule has 2 rings (SSSR count). The van der Waals surface area contributed by atoms with E-state index in [4.69, 9.17) is 16.2 Å². The van der Waals surface area contributed by atoms with Crippen LogP contribution in [-0.4, -0.2) is 24.0 Å². The van der Waals surface area contributed by atoms with Crippen molar-refractivity contribution in [2.75, 3.05) is 7.11 Å². The van der Waals surface area contributed by atoms with Crippen LogP contribution in [0.4, 0.5) is 4.39 Å². The second kappa shape index (κ2) is 9.01. The van der Waals surface area contributed by atoms with Crippen molar-refractivity contribution in [2.45, 2.75) is 19.4 Å². The second-order valence-corrected chi connectivity index (χ2v) is 6.62. The Morgan fingerprint density at radius 3 is 2.69 bits per heavy atom. The molecule has 1 aromatic carbocycles. The summed E-state index contributed by atoms with van der Waals surface area (Å²) in [5.74, 6) is -0.526. The number of carbonyl (C=O) groups is 1. The quantitative estimate of drug-likeness (QED) is 0.377. The van der Waals surface area contributed by atoms with Gasteiger partial charge in [-0.1, -0.05) is 12.7 Å². The molecule has 8 heteroatoms. The van der Waals surface area contributed by atoms with Gasteiger partial charge < -0.3 is 21.5 Å².